The number of Topliss-reactive ketones (excluding diaryl/α,β-unsaturated/α-hetero) is 1. The van der Waals surface area contributed by atoms with Crippen molar-refractivity contribution >= 4 is 30.6 Å². The molecule has 1 saturated heterocycles. The second kappa shape index (κ2) is 11.7. The van der Waals surface area contributed by atoms with Crippen LogP contribution in [0.25, 0.3) is 0 Å². The third-order valence-corrected chi connectivity index (χ3v) is 4.72. The summed E-state index contributed by atoms with van der Waals surface area (Å²) >= 11 is 0. The lowest BCUT2D eigenvalue weighted by atomic mass is 10.0. The van der Waals surface area contributed by atoms with Crippen molar-refractivity contribution in [2.45, 2.75) is 13.0 Å². The van der Waals surface area contributed by atoms with E-state index in [-0.39, 0.29) is 30.6 Å². The SMILES string of the molecule is Cl.Cl.N#Cc1ccccc1C(=O)CCN1CCN(Cc2ccccc2)CC1. The average molecular weight is 406 g/mol. The monoisotopic (exact) mass is 405 g/mol. The van der Waals surface area contributed by atoms with Crippen molar-refractivity contribution in [3.63, 3.8) is 0 Å². The van der Waals surface area contributed by atoms with E-state index in [9.17, 15) is 4.79 Å². The van der Waals surface area contributed by atoms with E-state index in [1.807, 2.05) is 12.1 Å². The third kappa shape index (κ3) is 6.64. The Morgan fingerprint density at radius 2 is 1.48 bits per heavy atom. The summed E-state index contributed by atoms with van der Waals surface area (Å²) in [6.45, 7) is 5.77. The largest absolute Gasteiger partial charge is 0.300 e. The fraction of sp³-hybridized carbons (Fsp3) is 0.333. The van der Waals surface area contributed by atoms with E-state index >= 15 is 0 Å². The molecule has 1 aliphatic rings. The molecule has 2 aromatic rings. The smallest absolute Gasteiger partial charge is 0.165 e. The van der Waals surface area contributed by atoms with Gasteiger partial charge in [-0.15, -0.1) is 24.8 Å². The maximum absolute atomic E-state index is 12.4. The molecular weight excluding hydrogens is 381 g/mol. The van der Waals surface area contributed by atoms with E-state index in [1.54, 1.807) is 18.2 Å². The van der Waals surface area contributed by atoms with Crippen LogP contribution in [-0.4, -0.2) is 48.3 Å². The van der Waals surface area contributed by atoms with Gasteiger partial charge in [-0.05, 0) is 11.6 Å². The van der Waals surface area contributed by atoms with E-state index < -0.39 is 0 Å². The van der Waals surface area contributed by atoms with E-state index in [4.69, 9.17) is 5.26 Å². The fourth-order valence-corrected chi connectivity index (χ4v) is 3.23. The molecule has 1 fully saturated rings. The Hall–Kier alpha value is -1.90. The summed E-state index contributed by atoms with van der Waals surface area (Å²) < 4.78 is 0. The standard InChI is InChI=1S/C21H23N3O.2ClH/c22-16-19-8-4-5-9-20(19)21(25)10-11-23-12-14-24(15-13-23)17-18-6-2-1-3-7-18;;/h1-9H,10-15,17H2;2*1H. The van der Waals surface area contributed by atoms with Crippen LogP contribution < -0.4 is 0 Å². The van der Waals surface area contributed by atoms with Gasteiger partial charge in [-0.25, -0.2) is 0 Å². The summed E-state index contributed by atoms with van der Waals surface area (Å²) in [6.07, 6.45) is 0.470. The van der Waals surface area contributed by atoms with Crippen LogP contribution in [0.2, 0.25) is 0 Å². The number of ketones is 1. The Kier molecular flexibility index (Phi) is 10.1. The molecule has 0 saturated carbocycles. The normalized spacial score (nSPS) is 14.5. The molecule has 0 atom stereocenters. The summed E-state index contributed by atoms with van der Waals surface area (Å²) in [5.74, 6) is 0.0591. The first-order valence-electron chi connectivity index (χ1n) is 8.77. The quantitative estimate of drug-likeness (QED) is 0.685. The number of hydrogen-bond donors (Lipinski definition) is 0. The predicted octanol–water partition coefficient (Wildman–Crippen LogP) is 3.79. The van der Waals surface area contributed by atoms with Crippen LogP contribution in [-0.2, 0) is 6.54 Å². The highest BCUT2D eigenvalue weighted by atomic mass is 35.5. The molecule has 3 rings (SSSR count). The van der Waals surface area contributed by atoms with Crippen molar-refractivity contribution in [2.75, 3.05) is 32.7 Å². The van der Waals surface area contributed by atoms with Gasteiger partial charge in [-0.1, -0.05) is 48.5 Å². The Morgan fingerprint density at radius 3 is 2.15 bits per heavy atom. The topological polar surface area (TPSA) is 47.3 Å². The van der Waals surface area contributed by atoms with Crippen molar-refractivity contribution in [1.82, 2.24) is 9.80 Å². The van der Waals surface area contributed by atoms with E-state index in [1.165, 1.54) is 5.56 Å². The molecule has 0 N–H and O–H groups in total. The van der Waals surface area contributed by atoms with Crippen LogP contribution in [0.3, 0.4) is 0 Å². The van der Waals surface area contributed by atoms with Crippen LogP contribution in [0.1, 0.15) is 27.9 Å². The summed E-state index contributed by atoms with van der Waals surface area (Å²) in [5.41, 5.74) is 2.37. The van der Waals surface area contributed by atoms with Gasteiger partial charge in [0.15, 0.2) is 5.78 Å². The number of nitriles is 1. The molecule has 0 radical (unpaired) electrons. The average Bonchev–Trinajstić information content (AvgIpc) is 2.68. The van der Waals surface area contributed by atoms with Gasteiger partial charge in [0.25, 0.3) is 0 Å². The molecular formula is C21H25Cl2N3O. The van der Waals surface area contributed by atoms with E-state index in [0.717, 1.165) is 39.3 Å². The van der Waals surface area contributed by atoms with Gasteiger partial charge in [0, 0.05) is 51.3 Å². The summed E-state index contributed by atoms with van der Waals surface area (Å²) in [5, 5.41) is 9.12. The lowest BCUT2D eigenvalue weighted by Crippen LogP contribution is -2.46. The Morgan fingerprint density at radius 1 is 0.889 bits per heavy atom. The lowest BCUT2D eigenvalue weighted by Gasteiger charge is -2.34. The molecule has 0 spiro atoms. The summed E-state index contributed by atoms with van der Waals surface area (Å²) in [4.78, 5) is 17.2. The van der Waals surface area contributed by atoms with Crippen LogP contribution in [0.4, 0.5) is 0 Å². The summed E-state index contributed by atoms with van der Waals surface area (Å²) in [7, 11) is 0. The first-order valence-corrected chi connectivity index (χ1v) is 8.77. The maximum Gasteiger partial charge on any atom is 0.165 e. The van der Waals surface area contributed by atoms with Crippen molar-refractivity contribution in [3.8, 4) is 6.07 Å². The first kappa shape index (κ1) is 23.1. The minimum Gasteiger partial charge on any atom is -0.300 e. The molecule has 0 aromatic heterocycles. The number of benzene rings is 2. The fourth-order valence-electron chi connectivity index (χ4n) is 3.23. The highest BCUT2D eigenvalue weighted by Gasteiger charge is 2.18. The Balaban J connectivity index is 0.00000182. The lowest BCUT2D eigenvalue weighted by molar-refractivity contribution is 0.0922. The van der Waals surface area contributed by atoms with Crippen molar-refractivity contribution in [1.29, 1.82) is 5.26 Å². The number of piperazine rings is 1. The van der Waals surface area contributed by atoms with E-state index in [2.05, 4.69) is 40.1 Å². The molecule has 6 heteroatoms. The van der Waals surface area contributed by atoms with Crippen LogP contribution >= 0.6 is 24.8 Å². The van der Waals surface area contributed by atoms with Gasteiger partial charge < -0.3 is 4.90 Å². The molecule has 2 aromatic carbocycles. The van der Waals surface area contributed by atoms with Gasteiger partial charge in [0.2, 0.25) is 0 Å². The molecule has 4 nitrogen and oxygen atoms in total. The third-order valence-electron chi connectivity index (χ3n) is 4.72. The molecule has 0 aliphatic carbocycles. The molecule has 0 unspecified atom stereocenters. The zero-order valence-electron chi connectivity index (χ0n) is 15.2. The number of halogens is 2. The minimum atomic E-state index is 0. The zero-order chi connectivity index (χ0) is 17.5. The second-order valence-electron chi connectivity index (χ2n) is 6.43. The van der Waals surface area contributed by atoms with Crippen LogP contribution in [0.15, 0.2) is 54.6 Å². The molecule has 0 bridgehead atoms. The highest BCUT2D eigenvalue weighted by Crippen LogP contribution is 2.12. The highest BCUT2D eigenvalue weighted by molar-refractivity contribution is 5.98. The molecule has 0 amide bonds. The van der Waals surface area contributed by atoms with Crippen molar-refractivity contribution < 1.29 is 4.79 Å². The number of rotatable bonds is 6. The second-order valence-corrected chi connectivity index (χ2v) is 6.43. The van der Waals surface area contributed by atoms with Gasteiger partial charge in [0.1, 0.15) is 0 Å². The number of hydrogen-bond acceptors (Lipinski definition) is 4. The predicted molar refractivity (Wildman–Crippen MR) is 113 cm³/mol. The number of carbonyl (C=O) groups is 1. The van der Waals surface area contributed by atoms with Gasteiger partial charge in [-0.2, -0.15) is 5.26 Å². The molecule has 1 aliphatic heterocycles. The Labute approximate surface area is 173 Å². The first-order chi connectivity index (χ1) is 12.3. The Bertz CT molecular complexity index is 754. The minimum absolute atomic E-state index is 0. The van der Waals surface area contributed by atoms with Gasteiger partial charge in [-0.3, -0.25) is 9.69 Å². The zero-order valence-corrected chi connectivity index (χ0v) is 16.8. The van der Waals surface area contributed by atoms with Gasteiger partial charge in [0.05, 0.1) is 11.6 Å². The summed E-state index contributed by atoms with van der Waals surface area (Å²) in [6, 6.07) is 19.7. The molecule has 1 heterocycles. The van der Waals surface area contributed by atoms with Crippen LogP contribution in [0, 0.1) is 11.3 Å². The van der Waals surface area contributed by atoms with Crippen molar-refractivity contribution in [2.24, 2.45) is 0 Å². The molecule has 27 heavy (non-hydrogen) atoms. The number of nitrogens with zero attached hydrogens (tertiary/aromatic N) is 3. The van der Waals surface area contributed by atoms with Crippen molar-refractivity contribution in [3.05, 3.63) is 71.3 Å². The van der Waals surface area contributed by atoms with Gasteiger partial charge >= 0.3 is 0 Å². The number of carbonyl (C=O) groups excluding carboxylic acids is 1. The molecule has 144 valence electrons. The maximum atomic E-state index is 12.4. The van der Waals surface area contributed by atoms with Crippen LogP contribution in [0.5, 0.6) is 0 Å². The van der Waals surface area contributed by atoms with E-state index in [0.29, 0.717) is 17.5 Å².